The van der Waals surface area contributed by atoms with Gasteiger partial charge in [0.25, 0.3) is 0 Å². The van der Waals surface area contributed by atoms with Gasteiger partial charge in [-0.2, -0.15) is 13.2 Å². The number of benzene rings is 1. The maximum absolute atomic E-state index is 12.9. The molecule has 0 saturated heterocycles. The number of rotatable bonds is 3. The minimum absolute atomic E-state index is 0.216. The van der Waals surface area contributed by atoms with E-state index in [1.54, 1.807) is 6.08 Å². The Labute approximate surface area is 99.1 Å². The van der Waals surface area contributed by atoms with Gasteiger partial charge < -0.3 is 0 Å². The molecule has 0 amide bonds. The second kappa shape index (κ2) is 5.48. The van der Waals surface area contributed by atoms with Crippen LogP contribution < -0.4 is 0 Å². The summed E-state index contributed by atoms with van der Waals surface area (Å²) in [4.78, 5) is 0. The van der Waals surface area contributed by atoms with Crippen molar-refractivity contribution in [3.8, 4) is 0 Å². The average molecular weight is 297 g/mol. The first-order valence-corrected chi connectivity index (χ1v) is 5.66. The summed E-state index contributed by atoms with van der Waals surface area (Å²) in [5.74, 6) is -0.881. The standard InChI is InChI=1S/C11H9BrF4/c12-4-2-1-3-8-5-9(11(14,15)16)7-10(13)6-8/h1,3,5-7H,2,4H2. The Bertz CT molecular complexity index is 382. The summed E-state index contributed by atoms with van der Waals surface area (Å²) >= 11 is 3.18. The summed E-state index contributed by atoms with van der Waals surface area (Å²) < 4.78 is 49.9. The first-order chi connectivity index (χ1) is 7.43. The lowest BCUT2D eigenvalue weighted by Gasteiger charge is -2.07. The summed E-state index contributed by atoms with van der Waals surface area (Å²) in [5.41, 5.74) is -0.751. The van der Waals surface area contributed by atoms with Gasteiger partial charge in [-0.3, -0.25) is 0 Å². The summed E-state index contributed by atoms with van der Waals surface area (Å²) in [6.07, 6.45) is -0.679. The van der Waals surface area contributed by atoms with E-state index in [0.717, 1.165) is 12.1 Å². The molecule has 88 valence electrons. The van der Waals surface area contributed by atoms with E-state index in [0.29, 0.717) is 17.8 Å². The van der Waals surface area contributed by atoms with Crippen LogP contribution in [-0.4, -0.2) is 5.33 Å². The van der Waals surface area contributed by atoms with Crippen LogP contribution in [0.5, 0.6) is 0 Å². The second-order valence-electron chi connectivity index (χ2n) is 3.15. The zero-order valence-corrected chi connectivity index (χ0v) is 9.78. The van der Waals surface area contributed by atoms with Gasteiger partial charge in [0.2, 0.25) is 0 Å². The van der Waals surface area contributed by atoms with Crippen molar-refractivity contribution in [2.24, 2.45) is 0 Å². The van der Waals surface area contributed by atoms with Crippen LogP contribution in [0.15, 0.2) is 24.3 Å². The molecule has 0 spiro atoms. The molecule has 0 fully saturated rings. The van der Waals surface area contributed by atoms with Crippen molar-refractivity contribution >= 4 is 22.0 Å². The highest BCUT2D eigenvalue weighted by Crippen LogP contribution is 2.30. The van der Waals surface area contributed by atoms with Gasteiger partial charge >= 0.3 is 6.18 Å². The van der Waals surface area contributed by atoms with Crippen LogP contribution >= 0.6 is 15.9 Å². The van der Waals surface area contributed by atoms with Crippen LogP contribution in [0.1, 0.15) is 17.5 Å². The first kappa shape index (κ1) is 13.2. The molecule has 1 aromatic rings. The molecule has 1 rings (SSSR count). The molecule has 0 aromatic heterocycles. The predicted octanol–water partition coefficient (Wildman–Crippen LogP) is 4.64. The summed E-state index contributed by atoms with van der Waals surface area (Å²) in [7, 11) is 0. The number of halogens is 5. The first-order valence-electron chi connectivity index (χ1n) is 4.54. The van der Waals surface area contributed by atoms with Crippen molar-refractivity contribution in [3.63, 3.8) is 0 Å². The molecule has 0 radical (unpaired) electrons. The zero-order chi connectivity index (χ0) is 12.2. The van der Waals surface area contributed by atoms with E-state index in [2.05, 4.69) is 15.9 Å². The largest absolute Gasteiger partial charge is 0.416 e. The highest BCUT2D eigenvalue weighted by molar-refractivity contribution is 9.09. The second-order valence-corrected chi connectivity index (χ2v) is 3.94. The van der Waals surface area contributed by atoms with Gasteiger partial charge in [-0.05, 0) is 30.2 Å². The molecule has 0 aliphatic heterocycles. The maximum Gasteiger partial charge on any atom is 0.416 e. The highest BCUT2D eigenvalue weighted by Gasteiger charge is 2.31. The van der Waals surface area contributed by atoms with Gasteiger partial charge in [-0.1, -0.05) is 28.1 Å². The number of hydrogen-bond acceptors (Lipinski definition) is 0. The molecule has 0 unspecified atom stereocenters. The van der Waals surface area contributed by atoms with Crippen LogP contribution in [0.4, 0.5) is 17.6 Å². The van der Waals surface area contributed by atoms with Crippen LogP contribution in [0.3, 0.4) is 0 Å². The molecule has 1 aromatic carbocycles. The Morgan fingerprint density at radius 3 is 2.44 bits per heavy atom. The van der Waals surface area contributed by atoms with Gasteiger partial charge in [-0.25, -0.2) is 4.39 Å². The monoisotopic (exact) mass is 296 g/mol. The Morgan fingerprint density at radius 2 is 1.88 bits per heavy atom. The fourth-order valence-corrected chi connectivity index (χ4v) is 1.42. The van der Waals surface area contributed by atoms with Gasteiger partial charge in [-0.15, -0.1) is 0 Å². The fourth-order valence-electron chi connectivity index (χ4n) is 1.15. The van der Waals surface area contributed by atoms with Gasteiger partial charge in [0, 0.05) is 5.33 Å². The Morgan fingerprint density at radius 1 is 1.19 bits per heavy atom. The third kappa shape index (κ3) is 3.96. The lowest BCUT2D eigenvalue weighted by Crippen LogP contribution is -2.05. The molecule has 0 nitrogen and oxygen atoms in total. The predicted molar refractivity (Wildman–Crippen MR) is 58.8 cm³/mol. The van der Waals surface area contributed by atoms with Crippen LogP contribution in [0.2, 0.25) is 0 Å². The molecule has 5 heteroatoms. The van der Waals surface area contributed by atoms with E-state index in [-0.39, 0.29) is 5.56 Å². The smallest absolute Gasteiger partial charge is 0.207 e. The number of hydrogen-bond donors (Lipinski definition) is 0. The summed E-state index contributed by atoms with van der Waals surface area (Å²) in [5, 5.41) is 0.713. The third-order valence-corrected chi connectivity index (χ3v) is 2.29. The fraction of sp³-hybridized carbons (Fsp3) is 0.273. The third-order valence-electron chi connectivity index (χ3n) is 1.83. The molecular formula is C11H9BrF4. The topological polar surface area (TPSA) is 0 Å². The lowest BCUT2D eigenvalue weighted by atomic mass is 10.1. The average Bonchev–Trinajstić information content (AvgIpc) is 2.16. The lowest BCUT2D eigenvalue weighted by molar-refractivity contribution is -0.137. The number of alkyl halides is 4. The zero-order valence-electron chi connectivity index (χ0n) is 8.19. The van der Waals surface area contributed by atoms with Crippen molar-refractivity contribution in [3.05, 3.63) is 41.2 Å². The van der Waals surface area contributed by atoms with E-state index in [1.807, 2.05) is 0 Å². The molecular weight excluding hydrogens is 288 g/mol. The Hall–Kier alpha value is -0.840. The highest BCUT2D eigenvalue weighted by atomic mass is 79.9. The summed E-state index contributed by atoms with van der Waals surface area (Å²) in [6.45, 7) is 0. The SMILES string of the molecule is Fc1cc(C=CCCBr)cc(C(F)(F)F)c1. The minimum atomic E-state index is -4.51. The normalized spacial score (nSPS) is 12.3. The van der Waals surface area contributed by atoms with Crippen molar-refractivity contribution in [1.82, 2.24) is 0 Å². The van der Waals surface area contributed by atoms with E-state index >= 15 is 0 Å². The molecule has 0 bridgehead atoms. The molecule has 0 aliphatic carbocycles. The number of allylic oxidation sites excluding steroid dienone is 1. The molecule has 16 heavy (non-hydrogen) atoms. The molecule has 0 heterocycles. The minimum Gasteiger partial charge on any atom is -0.207 e. The van der Waals surface area contributed by atoms with E-state index in [4.69, 9.17) is 0 Å². The molecule has 0 atom stereocenters. The molecule has 0 aliphatic rings. The van der Waals surface area contributed by atoms with Gasteiger partial charge in [0.1, 0.15) is 5.82 Å². The van der Waals surface area contributed by atoms with Crippen molar-refractivity contribution < 1.29 is 17.6 Å². The molecule has 0 saturated carbocycles. The Kier molecular flexibility index (Phi) is 4.53. The van der Waals surface area contributed by atoms with Gasteiger partial charge in [0.15, 0.2) is 0 Å². The maximum atomic E-state index is 12.9. The van der Waals surface area contributed by atoms with Crippen molar-refractivity contribution in [1.29, 1.82) is 0 Å². The molecule has 0 N–H and O–H groups in total. The summed E-state index contributed by atoms with van der Waals surface area (Å²) in [6, 6.07) is 2.48. The Balaban J connectivity index is 2.99. The van der Waals surface area contributed by atoms with Crippen LogP contribution in [-0.2, 0) is 6.18 Å². The van der Waals surface area contributed by atoms with E-state index in [1.165, 1.54) is 6.08 Å². The van der Waals surface area contributed by atoms with Crippen molar-refractivity contribution in [2.75, 3.05) is 5.33 Å². The van der Waals surface area contributed by atoms with E-state index in [9.17, 15) is 17.6 Å². The van der Waals surface area contributed by atoms with Crippen molar-refractivity contribution in [2.45, 2.75) is 12.6 Å². The quantitative estimate of drug-likeness (QED) is 0.563. The van der Waals surface area contributed by atoms with Crippen LogP contribution in [0, 0.1) is 5.82 Å². The van der Waals surface area contributed by atoms with Crippen LogP contribution in [0.25, 0.3) is 6.08 Å². The van der Waals surface area contributed by atoms with Gasteiger partial charge in [0.05, 0.1) is 5.56 Å². The van der Waals surface area contributed by atoms with E-state index < -0.39 is 17.6 Å².